The Kier molecular flexibility index (Phi) is 3.52. The largest absolute Gasteiger partial charge is 0.481 e. The van der Waals surface area contributed by atoms with Crippen molar-refractivity contribution < 1.29 is 9.90 Å². The molecular weight excluding hydrogens is 204 g/mol. The summed E-state index contributed by atoms with van der Waals surface area (Å²) in [7, 11) is 1.82. The van der Waals surface area contributed by atoms with Crippen LogP contribution in [0.5, 0.6) is 0 Å². The van der Waals surface area contributed by atoms with Crippen LogP contribution in [-0.4, -0.2) is 20.9 Å². The Morgan fingerprint density at radius 1 is 1.79 bits per heavy atom. The highest BCUT2D eigenvalue weighted by molar-refractivity contribution is 6.20. The number of aliphatic carboxylic acids is 1. The van der Waals surface area contributed by atoms with Crippen LogP contribution in [0.1, 0.15) is 29.5 Å². The van der Waals surface area contributed by atoms with E-state index in [4.69, 9.17) is 16.7 Å². The number of halogens is 1. The zero-order valence-corrected chi connectivity index (χ0v) is 8.95. The van der Waals surface area contributed by atoms with Crippen LogP contribution in [0.4, 0.5) is 0 Å². The van der Waals surface area contributed by atoms with Crippen LogP contribution in [0, 0.1) is 6.92 Å². The van der Waals surface area contributed by atoms with Crippen molar-refractivity contribution in [3.8, 4) is 0 Å². The number of hydrogen-bond acceptors (Lipinski definition) is 2. The van der Waals surface area contributed by atoms with Crippen LogP contribution in [0.25, 0.3) is 0 Å². The van der Waals surface area contributed by atoms with Crippen molar-refractivity contribution in [3.05, 3.63) is 17.5 Å². The molecule has 1 aromatic rings. The van der Waals surface area contributed by atoms with Crippen molar-refractivity contribution in [2.45, 2.75) is 25.1 Å². The van der Waals surface area contributed by atoms with Gasteiger partial charge in [-0.3, -0.25) is 9.48 Å². The molecule has 1 unspecified atom stereocenters. The molecule has 0 amide bonds. The molecule has 0 aliphatic rings. The Labute approximate surface area is 87.5 Å². The van der Waals surface area contributed by atoms with Crippen molar-refractivity contribution >= 4 is 17.6 Å². The van der Waals surface area contributed by atoms with E-state index < -0.39 is 5.97 Å². The van der Waals surface area contributed by atoms with Crippen LogP contribution in [0.3, 0.4) is 0 Å². The van der Waals surface area contributed by atoms with Gasteiger partial charge in [-0.1, -0.05) is 0 Å². The summed E-state index contributed by atoms with van der Waals surface area (Å²) in [5, 5.41) is 12.4. The predicted molar refractivity (Wildman–Crippen MR) is 53.4 cm³/mol. The zero-order valence-electron chi connectivity index (χ0n) is 8.20. The van der Waals surface area contributed by atoms with Gasteiger partial charge in [-0.25, -0.2) is 0 Å². The molecule has 0 spiro atoms. The molecule has 5 heteroatoms. The summed E-state index contributed by atoms with van der Waals surface area (Å²) < 4.78 is 1.68. The molecule has 14 heavy (non-hydrogen) atoms. The second kappa shape index (κ2) is 4.46. The number of hydrogen-bond donors (Lipinski definition) is 1. The molecule has 0 fully saturated rings. The van der Waals surface area contributed by atoms with Crippen molar-refractivity contribution in [1.29, 1.82) is 0 Å². The van der Waals surface area contributed by atoms with Crippen molar-refractivity contribution in [2.24, 2.45) is 7.05 Å². The van der Waals surface area contributed by atoms with E-state index in [1.54, 1.807) is 4.68 Å². The van der Waals surface area contributed by atoms with Gasteiger partial charge >= 0.3 is 5.97 Å². The fourth-order valence-corrected chi connectivity index (χ4v) is 1.65. The fraction of sp³-hybridized carbons (Fsp3) is 0.556. The third-order valence-electron chi connectivity index (χ3n) is 2.00. The van der Waals surface area contributed by atoms with Crippen LogP contribution in [-0.2, 0) is 11.8 Å². The molecule has 0 saturated heterocycles. The minimum atomic E-state index is -0.822. The molecule has 0 bridgehead atoms. The van der Waals surface area contributed by atoms with Gasteiger partial charge in [0.2, 0.25) is 0 Å². The number of carbonyl (C=O) groups is 1. The van der Waals surface area contributed by atoms with Gasteiger partial charge < -0.3 is 5.11 Å². The molecule has 1 atom stereocenters. The lowest BCUT2D eigenvalue weighted by Crippen LogP contribution is -1.98. The van der Waals surface area contributed by atoms with Gasteiger partial charge in [-0.15, -0.1) is 11.6 Å². The highest BCUT2D eigenvalue weighted by Crippen LogP contribution is 2.27. The van der Waals surface area contributed by atoms with E-state index in [2.05, 4.69) is 5.10 Å². The third kappa shape index (κ3) is 2.73. The summed E-state index contributed by atoms with van der Waals surface area (Å²) in [6.07, 6.45) is 2.35. The minimum absolute atomic E-state index is 0.0858. The van der Waals surface area contributed by atoms with Gasteiger partial charge in [0, 0.05) is 25.2 Å². The number of alkyl halides is 1. The van der Waals surface area contributed by atoms with Crippen LogP contribution in [0.2, 0.25) is 0 Å². The Balaban J connectivity index is 2.64. The average molecular weight is 217 g/mol. The van der Waals surface area contributed by atoms with E-state index in [1.165, 1.54) is 0 Å². The molecular formula is C9H13ClN2O2. The average Bonchev–Trinajstić information content (AvgIpc) is 2.41. The number of rotatable bonds is 4. The van der Waals surface area contributed by atoms with E-state index >= 15 is 0 Å². The van der Waals surface area contributed by atoms with Gasteiger partial charge in [-0.05, 0) is 13.3 Å². The Hall–Kier alpha value is -1.03. The minimum Gasteiger partial charge on any atom is -0.481 e. The van der Waals surface area contributed by atoms with Crippen LogP contribution < -0.4 is 0 Å². The lowest BCUT2D eigenvalue weighted by atomic mass is 10.1. The Bertz CT molecular complexity index is 336. The summed E-state index contributed by atoms with van der Waals surface area (Å²) in [5.74, 6) is -0.822. The van der Waals surface area contributed by atoms with E-state index in [1.807, 2.05) is 20.2 Å². The van der Waals surface area contributed by atoms with Crippen molar-refractivity contribution in [1.82, 2.24) is 9.78 Å². The van der Waals surface area contributed by atoms with Gasteiger partial charge in [0.1, 0.15) is 0 Å². The second-order valence-corrected chi connectivity index (χ2v) is 3.77. The van der Waals surface area contributed by atoms with E-state index in [-0.39, 0.29) is 11.8 Å². The van der Waals surface area contributed by atoms with Crippen LogP contribution in [0.15, 0.2) is 6.20 Å². The summed E-state index contributed by atoms with van der Waals surface area (Å²) in [6, 6.07) is 0. The standard InChI is InChI=1S/C9H13ClN2O2/c1-6-7(5-12(2)11-6)8(10)3-4-9(13)14/h5,8H,3-4H2,1-2H3,(H,13,14). The molecule has 1 heterocycles. The van der Waals surface area contributed by atoms with E-state index in [0.717, 1.165) is 11.3 Å². The molecule has 1 N–H and O–H groups in total. The quantitative estimate of drug-likeness (QED) is 0.782. The zero-order chi connectivity index (χ0) is 10.7. The molecule has 0 aromatic carbocycles. The molecule has 1 rings (SSSR count). The topological polar surface area (TPSA) is 55.1 Å². The molecule has 78 valence electrons. The molecule has 0 aliphatic carbocycles. The Morgan fingerprint density at radius 2 is 2.43 bits per heavy atom. The maximum absolute atomic E-state index is 10.3. The first-order chi connectivity index (χ1) is 6.50. The first-order valence-corrected chi connectivity index (χ1v) is 4.80. The summed E-state index contributed by atoms with van der Waals surface area (Å²) in [6.45, 7) is 1.87. The van der Waals surface area contributed by atoms with Crippen molar-refractivity contribution in [3.63, 3.8) is 0 Å². The summed E-state index contributed by atoms with van der Waals surface area (Å²) in [5.41, 5.74) is 1.77. The normalized spacial score (nSPS) is 12.8. The van der Waals surface area contributed by atoms with E-state index in [0.29, 0.717) is 6.42 Å². The molecule has 4 nitrogen and oxygen atoms in total. The first-order valence-electron chi connectivity index (χ1n) is 4.36. The van der Waals surface area contributed by atoms with Crippen molar-refractivity contribution in [2.75, 3.05) is 0 Å². The van der Waals surface area contributed by atoms with Gasteiger partial charge in [0.25, 0.3) is 0 Å². The lowest BCUT2D eigenvalue weighted by molar-refractivity contribution is -0.137. The smallest absolute Gasteiger partial charge is 0.303 e. The van der Waals surface area contributed by atoms with E-state index in [9.17, 15) is 4.79 Å². The number of carboxylic acid groups (broad SMARTS) is 1. The maximum Gasteiger partial charge on any atom is 0.303 e. The lowest BCUT2D eigenvalue weighted by Gasteiger charge is -2.05. The molecule has 0 aliphatic heterocycles. The highest BCUT2D eigenvalue weighted by atomic mass is 35.5. The Morgan fingerprint density at radius 3 is 2.86 bits per heavy atom. The molecule has 0 radical (unpaired) electrons. The maximum atomic E-state index is 10.3. The van der Waals surface area contributed by atoms with Gasteiger partial charge in [-0.2, -0.15) is 5.10 Å². The fourth-order valence-electron chi connectivity index (χ4n) is 1.33. The highest BCUT2D eigenvalue weighted by Gasteiger charge is 2.14. The monoisotopic (exact) mass is 216 g/mol. The SMILES string of the molecule is Cc1nn(C)cc1C(Cl)CCC(=O)O. The summed E-state index contributed by atoms with van der Waals surface area (Å²) >= 11 is 6.05. The second-order valence-electron chi connectivity index (χ2n) is 3.24. The summed E-state index contributed by atoms with van der Waals surface area (Å²) in [4.78, 5) is 10.3. The predicted octanol–water partition coefficient (Wildman–Crippen LogP) is 1.87. The number of nitrogens with zero attached hydrogens (tertiary/aromatic N) is 2. The molecule has 0 saturated carbocycles. The first kappa shape index (κ1) is 11.0. The van der Waals surface area contributed by atoms with Gasteiger partial charge in [0.15, 0.2) is 0 Å². The number of aryl methyl sites for hydroxylation is 2. The van der Waals surface area contributed by atoms with Gasteiger partial charge in [0.05, 0.1) is 11.1 Å². The number of carboxylic acids is 1. The van der Waals surface area contributed by atoms with Crippen LogP contribution >= 0.6 is 11.6 Å². The third-order valence-corrected chi connectivity index (χ3v) is 2.45. The molecule has 1 aromatic heterocycles. The number of aromatic nitrogens is 2.